The highest BCUT2D eigenvalue weighted by molar-refractivity contribution is 9.10. The van der Waals surface area contributed by atoms with Gasteiger partial charge in [-0.3, -0.25) is 4.79 Å². The van der Waals surface area contributed by atoms with Gasteiger partial charge in [0.1, 0.15) is 0 Å². The maximum absolute atomic E-state index is 11.6. The van der Waals surface area contributed by atoms with Crippen molar-refractivity contribution in [3.8, 4) is 0 Å². The summed E-state index contributed by atoms with van der Waals surface area (Å²) in [6.45, 7) is 0.730. The number of unbranched alkanes of at least 4 members (excludes halogenated alkanes) is 1. The van der Waals surface area contributed by atoms with Crippen molar-refractivity contribution in [2.45, 2.75) is 36.1 Å². The molecular weight excluding hydrogens is 324 g/mol. The summed E-state index contributed by atoms with van der Waals surface area (Å²) < 4.78 is 1.15. The molecule has 2 rings (SSSR count). The minimum absolute atomic E-state index is 0.0194. The normalized spacial score (nSPS) is 16.1. The lowest BCUT2D eigenvalue weighted by atomic mass is 10.2. The molecule has 3 N–H and O–H groups in total. The van der Waals surface area contributed by atoms with Gasteiger partial charge in [-0.15, -0.1) is 11.8 Å². The lowest BCUT2D eigenvalue weighted by Gasteiger charge is -2.09. The summed E-state index contributed by atoms with van der Waals surface area (Å²) in [7, 11) is 0. The first kappa shape index (κ1) is 14.9. The van der Waals surface area contributed by atoms with Crippen LogP contribution >= 0.6 is 27.7 Å². The fraction of sp³-hybridized carbons (Fsp3) is 0.500. The number of rotatable bonds is 7. The second-order valence-electron chi connectivity index (χ2n) is 4.90. The Balaban J connectivity index is 1.55. The predicted octanol–water partition coefficient (Wildman–Crippen LogP) is 2.93. The molecular formula is C14H19BrN2OS. The molecule has 0 spiro atoms. The van der Waals surface area contributed by atoms with Gasteiger partial charge in [0.2, 0.25) is 5.91 Å². The van der Waals surface area contributed by atoms with Crippen LogP contribution in [0, 0.1) is 0 Å². The Morgan fingerprint density at radius 2 is 2.11 bits per heavy atom. The van der Waals surface area contributed by atoms with E-state index in [1.807, 2.05) is 23.9 Å². The monoisotopic (exact) mass is 342 g/mol. The summed E-state index contributed by atoms with van der Waals surface area (Å²) >= 11 is 5.37. The van der Waals surface area contributed by atoms with Gasteiger partial charge in [-0.1, -0.05) is 12.1 Å². The third kappa shape index (κ3) is 4.51. The first-order valence-electron chi connectivity index (χ1n) is 6.56. The number of hydrogen-bond donors (Lipinski definition) is 2. The summed E-state index contributed by atoms with van der Waals surface area (Å²) in [4.78, 5) is 12.8. The van der Waals surface area contributed by atoms with E-state index in [1.54, 1.807) is 0 Å². The maximum Gasteiger partial charge on any atom is 0.240 e. The molecule has 0 atom stereocenters. The molecule has 0 saturated heterocycles. The van der Waals surface area contributed by atoms with E-state index in [0.29, 0.717) is 0 Å². The van der Waals surface area contributed by atoms with Crippen molar-refractivity contribution in [3.05, 3.63) is 28.7 Å². The highest BCUT2D eigenvalue weighted by atomic mass is 79.9. The standard InChI is InChI=1S/C14H19BrN2OS/c15-11-5-1-2-6-12(11)19-10-4-3-9-17-13(18)14(16)7-8-14/h1-2,5-6H,3-4,7-10,16H2,(H,17,18). The van der Waals surface area contributed by atoms with Gasteiger partial charge >= 0.3 is 0 Å². The van der Waals surface area contributed by atoms with Crippen LogP contribution < -0.4 is 11.1 Å². The molecule has 104 valence electrons. The summed E-state index contributed by atoms with van der Waals surface area (Å²) in [6, 6.07) is 8.23. The van der Waals surface area contributed by atoms with E-state index in [2.05, 4.69) is 33.4 Å². The molecule has 3 nitrogen and oxygen atoms in total. The highest BCUT2D eigenvalue weighted by Gasteiger charge is 2.45. The fourth-order valence-electron chi connectivity index (χ4n) is 1.71. The first-order valence-corrected chi connectivity index (χ1v) is 8.34. The van der Waals surface area contributed by atoms with Crippen LogP contribution in [0.2, 0.25) is 0 Å². The minimum Gasteiger partial charge on any atom is -0.355 e. The van der Waals surface area contributed by atoms with E-state index < -0.39 is 5.54 Å². The Labute approximate surface area is 126 Å². The van der Waals surface area contributed by atoms with Gasteiger partial charge in [-0.05, 0) is 59.5 Å². The number of nitrogens with two attached hydrogens (primary N) is 1. The molecule has 0 bridgehead atoms. The average molecular weight is 343 g/mol. The maximum atomic E-state index is 11.6. The van der Waals surface area contributed by atoms with Gasteiger partial charge < -0.3 is 11.1 Å². The lowest BCUT2D eigenvalue weighted by molar-refractivity contribution is -0.123. The van der Waals surface area contributed by atoms with Gasteiger partial charge in [-0.25, -0.2) is 0 Å². The van der Waals surface area contributed by atoms with Crippen LogP contribution in [0.1, 0.15) is 25.7 Å². The van der Waals surface area contributed by atoms with Gasteiger partial charge in [-0.2, -0.15) is 0 Å². The molecule has 1 aliphatic rings. The number of carbonyl (C=O) groups is 1. The molecule has 0 radical (unpaired) electrons. The van der Waals surface area contributed by atoms with Crippen LogP contribution in [-0.4, -0.2) is 23.7 Å². The van der Waals surface area contributed by atoms with Crippen molar-refractivity contribution in [2.24, 2.45) is 5.73 Å². The van der Waals surface area contributed by atoms with Crippen LogP contribution in [0.4, 0.5) is 0 Å². The Morgan fingerprint density at radius 1 is 1.37 bits per heavy atom. The second kappa shape index (κ2) is 6.77. The summed E-state index contributed by atoms with van der Waals surface area (Å²) in [5.41, 5.74) is 5.26. The summed E-state index contributed by atoms with van der Waals surface area (Å²) in [6.07, 6.45) is 3.75. The largest absolute Gasteiger partial charge is 0.355 e. The van der Waals surface area contributed by atoms with Crippen molar-refractivity contribution in [3.63, 3.8) is 0 Å². The third-order valence-electron chi connectivity index (χ3n) is 3.19. The molecule has 1 aliphatic carbocycles. The molecule has 0 aliphatic heterocycles. The van der Waals surface area contributed by atoms with Crippen molar-refractivity contribution >= 4 is 33.6 Å². The molecule has 0 aromatic heterocycles. The zero-order valence-corrected chi connectivity index (χ0v) is 13.2. The molecule has 1 amide bonds. The van der Waals surface area contributed by atoms with Gasteiger partial charge in [0, 0.05) is 15.9 Å². The van der Waals surface area contributed by atoms with Crippen LogP contribution in [0.25, 0.3) is 0 Å². The van der Waals surface area contributed by atoms with E-state index in [1.165, 1.54) is 4.90 Å². The van der Waals surface area contributed by atoms with E-state index in [4.69, 9.17) is 5.73 Å². The smallest absolute Gasteiger partial charge is 0.240 e. The average Bonchev–Trinajstić information content (AvgIpc) is 3.15. The van der Waals surface area contributed by atoms with Gasteiger partial charge in [0.25, 0.3) is 0 Å². The van der Waals surface area contributed by atoms with E-state index in [9.17, 15) is 4.79 Å². The number of amides is 1. The minimum atomic E-state index is -0.538. The summed E-state index contributed by atoms with van der Waals surface area (Å²) in [5.74, 6) is 1.08. The van der Waals surface area contributed by atoms with Crippen molar-refractivity contribution in [1.82, 2.24) is 5.32 Å². The van der Waals surface area contributed by atoms with Crippen molar-refractivity contribution in [1.29, 1.82) is 0 Å². The molecule has 1 aromatic carbocycles. The Hall–Kier alpha value is -0.520. The second-order valence-corrected chi connectivity index (χ2v) is 6.89. The van der Waals surface area contributed by atoms with Crippen molar-refractivity contribution < 1.29 is 4.79 Å². The van der Waals surface area contributed by atoms with Gasteiger partial charge in [0.05, 0.1) is 5.54 Å². The van der Waals surface area contributed by atoms with E-state index in [-0.39, 0.29) is 5.91 Å². The fourth-order valence-corrected chi connectivity index (χ4v) is 3.29. The van der Waals surface area contributed by atoms with Crippen LogP contribution in [0.15, 0.2) is 33.6 Å². The third-order valence-corrected chi connectivity index (χ3v) is 5.31. The molecule has 0 heterocycles. The number of halogens is 1. The number of thioether (sulfide) groups is 1. The Bertz CT molecular complexity index is 449. The molecule has 19 heavy (non-hydrogen) atoms. The zero-order valence-electron chi connectivity index (χ0n) is 10.8. The number of carbonyl (C=O) groups excluding carboxylic acids is 1. The van der Waals surface area contributed by atoms with Crippen LogP contribution in [0.3, 0.4) is 0 Å². The first-order chi connectivity index (χ1) is 9.12. The number of benzene rings is 1. The van der Waals surface area contributed by atoms with Crippen molar-refractivity contribution in [2.75, 3.05) is 12.3 Å². The van der Waals surface area contributed by atoms with Gasteiger partial charge in [0.15, 0.2) is 0 Å². The molecule has 1 saturated carbocycles. The van der Waals surface area contributed by atoms with E-state index >= 15 is 0 Å². The quantitative estimate of drug-likeness (QED) is 0.591. The van der Waals surface area contributed by atoms with Crippen LogP contribution in [0.5, 0.6) is 0 Å². The molecule has 1 fully saturated rings. The summed E-state index contributed by atoms with van der Waals surface area (Å²) in [5, 5.41) is 2.91. The predicted molar refractivity (Wildman–Crippen MR) is 83.3 cm³/mol. The topological polar surface area (TPSA) is 55.1 Å². The number of hydrogen-bond acceptors (Lipinski definition) is 3. The zero-order chi connectivity index (χ0) is 13.7. The Kier molecular flexibility index (Phi) is 5.30. The van der Waals surface area contributed by atoms with Crippen LogP contribution in [-0.2, 0) is 4.79 Å². The van der Waals surface area contributed by atoms with E-state index in [0.717, 1.165) is 42.5 Å². The molecule has 0 unspecified atom stereocenters. The molecule has 1 aromatic rings. The lowest BCUT2D eigenvalue weighted by Crippen LogP contribution is -2.43. The SMILES string of the molecule is NC1(C(=O)NCCCCSc2ccccc2Br)CC1. The highest BCUT2D eigenvalue weighted by Crippen LogP contribution is 2.32. The molecule has 5 heteroatoms. The number of nitrogens with one attached hydrogen (secondary N) is 1. The Morgan fingerprint density at radius 3 is 2.79 bits per heavy atom.